The Morgan fingerprint density at radius 1 is 1.33 bits per heavy atom. The van der Waals surface area contributed by atoms with E-state index < -0.39 is 5.97 Å². The molecule has 0 radical (unpaired) electrons. The quantitative estimate of drug-likeness (QED) is 0.772. The Bertz CT molecular complexity index is 294. The first-order chi connectivity index (χ1) is 6.52. The van der Waals surface area contributed by atoms with Gasteiger partial charge in [-0.1, -0.05) is 6.07 Å². The summed E-state index contributed by atoms with van der Waals surface area (Å²) in [5.74, 6) is -0.682. The third-order valence-electron chi connectivity index (χ3n) is 1.06. The molecule has 0 aromatic carbocycles. The Labute approximate surface area is 88.1 Å². The van der Waals surface area contributed by atoms with Crippen LogP contribution in [0.1, 0.15) is 19.5 Å². The topological polar surface area (TPSA) is 98.8 Å². The molecule has 0 atom stereocenters. The molecule has 0 fully saturated rings. The van der Waals surface area contributed by atoms with Crippen molar-refractivity contribution < 1.29 is 20.2 Å². The smallest absolute Gasteiger partial charge is 0.309 e. The summed E-state index contributed by atoms with van der Waals surface area (Å²) in [5, 5.41) is 8.33. The number of hydrogen-bond acceptors (Lipinski definition) is 3. The maximum atomic E-state index is 10.1. The molecule has 5 nitrogen and oxygen atoms in total. The van der Waals surface area contributed by atoms with Gasteiger partial charge in [-0.15, -0.1) is 0 Å². The number of pyridine rings is 1. The molecular formula is C10H15NO4. The highest BCUT2D eigenvalue weighted by atomic mass is 16.4. The molecule has 0 saturated heterocycles. The third-order valence-corrected chi connectivity index (χ3v) is 1.06. The minimum absolute atomic E-state index is 0. The van der Waals surface area contributed by atoms with E-state index in [-0.39, 0.29) is 17.7 Å². The van der Waals surface area contributed by atoms with Crippen molar-refractivity contribution in [2.75, 3.05) is 0 Å². The van der Waals surface area contributed by atoms with Crippen LogP contribution in [0, 0.1) is 0 Å². The number of carboxylic acids is 1. The number of Topliss-reactive ketones (excluding diaryl/α,β-unsaturated/α-hetero) is 1. The summed E-state index contributed by atoms with van der Waals surface area (Å²) in [6, 6.07) is 5.21. The average molecular weight is 213 g/mol. The van der Waals surface area contributed by atoms with E-state index in [2.05, 4.69) is 4.98 Å². The fourth-order valence-electron chi connectivity index (χ4n) is 0.658. The number of hydrogen-bond donors (Lipinski definition) is 1. The van der Waals surface area contributed by atoms with E-state index in [0.717, 1.165) is 0 Å². The number of aromatic nitrogens is 1. The van der Waals surface area contributed by atoms with Crippen molar-refractivity contribution in [2.24, 2.45) is 0 Å². The Kier molecular flexibility index (Phi) is 9.25. The van der Waals surface area contributed by atoms with Crippen LogP contribution in [0.2, 0.25) is 0 Å². The van der Waals surface area contributed by atoms with Crippen molar-refractivity contribution in [3.8, 4) is 0 Å². The molecular weight excluding hydrogens is 198 g/mol. The molecule has 0 aliphatic carbocycles. The van der Waals surface area contributed by atoms with E-state index in [1.54, 1.807) is 24.4 Å². The first-order valence-corrected chi connectivity index (χ1v) is 4.11. The van der Waals surface area contributed by atoms with Crippen molar-refractivity contribution in [2.45, 2.75) is 20.3 Å². The first kappa shape index (κ1) is 15.7. The maximum absolute atomic E-state index is 10.1. The number of nitrogens with zero attached hydrogens (tertiary/aromatic N) is 1. The summed E-state index contributed by atoms with van der Waals surface area (Å²) in [6.07, 6.45) is 1.58. The summed E-state index contributed by atoms with van der Waals surface area (Å²) < 4.78 is 0. The van der Waals surface area contributed by atoms with Crippen LogP contribution in [-0.4, -0.2) is 27.3 Å². The van der Waals surface area contributed by atoms with E-state index in [9.17, 15) is 9.59 Å². The zero-order chi connectivity index (χ0) is 11.0. The average Bonchev–Trinajstić information content (AvgIpc) is 2.03. The monoisotopic (exact) mass is 213 g/mol. The van der Waals surface area contributed by atoms with Crippen LogP contribution in [-0.2, 0) is 16.0 Å². The van der Waals surface area contributed by atoms with Gasteiger partial charge in [-0.25, -0.2) is 0 Å². The lowest BCUT2D eigenvalue weighted by molar-refractivity contribution is -0.136. The molecule has 3 N–H and O–H groups in total. The van der Waals surface area contributed by atoms with Gasteiger partial charge in [0, 0.05) is 6.20 Å². The molecule has 1 aromatic rings. The van der Waals surface area contributed by atoms with Gasteiger partial charge in [0.25, 0.3) is 0 Å². The number of ketones is 1. The highest BCUT2D eigenvalue weighted by Crippen LogP contribution is 1.93. The number of aliphatic carboxylic acids is 1. The second kappa shape index (κ2) is 8.83. The van der Waals surface area contributed by atoms with E-state index in [4.69, 9.17) is 5.11 Å². The van der Waals surface area contributed by atoms with Crippen molar-refractivity contribution in [3.05, 3.63) is 30.1 Å². The van der Waals surface area contributed by atoms with E-state index in [1.165, 1.54) is 13.8 Å². The molecule has 15 heavy (non-hydrogen) atoms. The fraction of sp³-hybridized carbons (Fsp3) is 0.300. The minimum Gasteiger partial charge on any atom is -0.481 e. The van der Waals surface area contributed by atoms with Crippen molar-refractivity contribution in [1.29, 1.82) is 0 Å². The number of carbonyl (C=O) groups is 2. The van der Waals surface area contributed by atoms with Crippen LogP contribution in [0.15, 0.2) is 24.4 Å². The van der Waals surface area contributed by atoms with E-state index in [1.807, 2.05) is 0 Å². The Morgan fingerprint density at radius 3 is 2.20 bits per heavy atom. The van der Waals surface area contributed by atoms with E-state index >= 15 is 0 Å². The SMILES string of the molecule is CC(C)=O.O.O=C(O)Cc1ccccn1. The van der Waals surface area contributed by atoms with Gasteiger partial charge in [-0.05, 0) is 26.0 Å². The van der Waals surface area contributed by atoms with Crippen molar-refractivity contribution in [1.82, 2.24) is 4.98 Å². The third kappa shape index (κ3) is 12.2. The molecule has 84 valence electrons. The standard InChI is InChI=1S/C7H7NO2.C3H6O.H2O/c9-7(10)5-6-3-1-2-4-8-6;1-3(2)4;/h1-4H,5H2,(H,9,10);1-2H3;1H2. The lowest BCUT2D eigenvalue weighted by Crippen LogP contribution is -2.01. The predicted octanol–water partition coefficient (Wildman–Crippen LogP) is 0.479. The molecule has 0 saturated carbocycles. The lowest BCUT2D eigenvalue weighted by Gasteiger charge is -1.91. The first-order valence-electron chi connectivity index (χ1n) is 4.11. The molecule has 0 aliphatic rings. The molecule has 0 amide bonds. The summed E-state index contributed by atoms with van der Waals surface area (Å²) in [5.41, 5.74) is 0.593. The van der Waals surface area contributed by atoms with E-state index in [0.29, 0.717) is 5.69 Å². The van der Waals surface area contributed by atoms with Crippen LogP contribution in [0.3, 0.4) is 0 Å². The molecule has 1 heterocycles. The maximum Gasteiger partial charge on any atom is 0.309 e. The van der Waals surface area contributed by atoms with Gasteiger partial charge in [0.05, 0.1) is 12.1 Å². The fourth-order valence-corrected chi connectivity index (χ4v) is 0.658. The highest BCUT2D eigenvalue weighted by Gasteiger charge is 1.98. The molecule has 0 bridgehead atoms. The second-order valence-corrected chi connectivity index (χ2v) is 2.80. The summed E-state index contributed by atoms with van der Waals surface area (Å²) >= 11 is 0. The van der Waals surface area contributed by atoms with Gasteiger partial charge in [-0.3, -0.25) is 9.78 Å². The van der Waals surface area contributed by atoms with Gasteiger partial charge >= 0.3 is 5.97 Å². The van der Waals surface area contributed by atoms with Crippen LogP contribution in [0.4, 0.5) is 0 Å². The zero-order valence-corrected chi connectivity index (χ0v) is 8.73. The second-order valence-electron chi connectivity index (χ2n) is 2.80. The Morgan fingerprint density at radius 2 is 1.87 bits per heavy atom. The predicted molar refractivity (Wildman–Crippen MR) is 55.5 cm³/mol. The van der Waals surface area contributed by atoms with Crippen LogP contribution in [0.5, 0.6) is 0 Å². The minimum atomic E-state index is -0.848. The summed E-state index contributed by atoms with van der Waals surface area (Å²) in [4.78, 5) is 23.4. The molecule has 1 aromatic heterocycles. The molecule has 5 heteroatoms. The summed E-state index contributed by atoms with van der Waals surface area (Å²) in [7, 11) is 0. The van der Waals surface area contributed by atoms with Gasteiger partial charge in [0.15, 0.2) is 0 Å². The van der Waals surface area contributed by atoms with Gasteiger partial charge < -0.3 is 15.4 Å². The Balaban J connectivity index is 0. The zero-order valence-electron chi connectivity index (χ0n) is 8.73. The van der Waals surface area contributed by atoms with Gasteiger partial charge in [0.1, 0.15) is 5.78 Å². The Hall–Kier alpha value is -1.75. The number of carbonyl (C=O) groups excluding carboxylic acids is 1. The van der Waals surface area contributed by atoms with Gasteiger partial charge in [-0.2, -0.15) is 0 Å². The van der Waals surface area contributed by atoms with Gasteiger partial charge in [0.2, 0.25) is 0 Å². The van der Waals surface area contributed by atoms with Crippen LogP contribution in [0.25, 0.3) is 0 Å². The van der Waals surface area contributed by atoms with Crippen molar-refractivity contribution >= 4 is 11.8 Å². The molecule has 0 unspecified atom stereocenters. The molecule has 0 aliphatic heterocycles. The number of carboxylic acid groups (broad SMARTS) is 1. The highest BCUT2D eigenvalue weighted by molar-refractivity contribution is 5.72. The molecule has 0 spiro atoms. The van der Waals surface area contributed by atoms with Crippen LogP contribution >= 0.6 is 0 Å². The lowest BCUT2D eigenvalue weighted by atomic mass is 10.3. The molecule has 1 rings (SSSR count). The summed E-state index contributed by atoms with van der Waals surface area (Å²) in [6.45, 7) is 3.06. The normalized spacial score (nSPS) is 7.87. The van der Waals surface area contributed by atoms with Crippen molar-refractivity contribution in [3.63, 3.8) is 0 Å². The number of rotatable bonds is 2. The van der Waals surface area contributed by atoms with Crippen LogP contribution < -0.4 is 0 Å². The largest absolute Gasteiger partial charge is 0.481 e.